The van der Waals surface area contributed by atoms with Gasteiger partial charge in [0.1, 0.15) is 4.32 Å². The van der Waals surface area contributed by atoms with E-state index in [9.17, 15) is 14.7 Å². The number of amides is 1. The van der Waals surface area contributed by atoms with Gasteiger partial charge in [0.15, 0.2) is 0 Å². The Labute approximate surface area is 139 Å². The number of carbonyl (C=O) groups excluding carboxylic acids is 2. The molecule has 4 nitrogen and oxygen atoms in total. The quantitative estimate of drug-likeness (QED) is 0.588. The predicted octanol–water partition coefficient (Wildman–Crippen LogP) is 1.98. The van der Waals surface area contributed by atoms with Crippen LogP contribution in [0.1, 0.15) is 30.9 Å². The van der Waals surface area contributed by atoms with Gasteiger partial charge in [0.05, 0.1) is 4.91 Å². The molecule has 0 radical (unpaired) electrons. The smallest absolute Gasteiger partial charge is 0.266 e. The van der Waals surface area contributed by atoms with Crippen LogP contribution >= 0.6 is 24.0 Å². The number of thioether (sulfide) groups is 1. The van der Waals surface area contributed by atoms with Gasteiger partial charge in [-0.05, 0) is 36.5 Å². The second-order valence-electron chi connectivity index (χ2n) is 4.90. The zero-order chi connectivity index (χ0) is 16.1. The molecule has 0 bridgehead atoms. The first-order valence-corrected chi connectivity index (χ1v) is 8.28. The Kier molecular flexibility index (Phi) is 5.74. The van der Waals surface area contributed by atoms with Gasteiger partial charge in [0.2, 0.25) is 0 Å². The van der Waals surface area contributed by atoms with Crippen LogP contribution in [-0.2, 0) is 16.0 Å². The fourth-order valence-electron chi connectivity index (χ4n) is 2.08. The van der Waals surface area contributed by atoms with Crippen molar-refractivity contribution in [1.82, 2.24) is 4.90 Å². The number of hydrogen-bond acceptors (Lipinski definition) is 5. The van der Waals surface area contributed by atoms with Gasteiger partial charge in [0, 0.05) is 12.5 Å². The minimum absolute atomic E-state index is 0.0748. The second kappa shape index (κ2) is 7.56. The van der Waals surface area contributed by atoms with Gasteiger partial charge < -0.3 is 9.90 Å². The number of rotatable bonds is 6. The molecule has 0 spiro atoms. The van der Waals surface area contributed by atoms with Crippen LogP contribution in [0.15, 0.2) is 29.2 Å². The van der Waals surface area contributed by atoms with Crippen LogP contribution in [0.5, 0.6) is 0 Å². The van der Waals surface area contributed by atoms with Gasteiger partial charge in [-0.1, -0.05) is 55.2 Å². The summed E-state index contributed by atoms with van der Waals surface area (Å²) in [6.07, 6.45) is 3.06. The maximum Gasteiger partial charge on any atom is 0.266 e. The standard InChI is InChI=1S/C16H17NO3S2/c1-2-11-5-7-12(8-6-11)10-13-15(20)17(16(21)22-13)9-3-4-14(18)19/h5-8,10H,2-4,9H2,1H3,(H,18,19)/p-1/b13-10-. The Balaban J connectivity index is 2.06. The zero-order valence-corrected chi connectivity index (χ0v) is 13.8. The van der Waals surface area contributed by atoms with Crippen molar-refractivity contribution in [3.05, 3.63) is 40.3 Å². The molecule has 1 aromatic carbocycles. The van der Waals surface area contributed by atoms with Crippen LogP contribution in [0.4, 0.5) is 0 Å². The summed E-state index contributed by atoms with van der Waals surface area (Å²) in [5.41, 5.74) is 2.19. The molecule has 1 aliphatic heterocycles. The molecule has 6 heteroatoms. The fourth-order valence-corrected chi connectivity index (χ4v) is 3.38. The minimum atomic E-state index is -1.11. The molecule has 0 atom stereocenters. The lowest BCUT2D eigenvalue weighted by Crippen LogP contribution is -2.30. The van der Waals surface area contributed by atoms with Crippen LogP contribution in [0.3, 0.4) is 0 Å². The van der Waals surface area contributed by atoms with Crippen molar-refractivity contribution in [1.29, 1.82) is 0 Å². The summed E-state index contributed by atoms with van der Waals surface area (Å²) in [6, 6.07) is 8.02. The highest BCUT2D eigenvalue weighted by Gasteiger charge is 2.31. The molecule has 116 valence electrons. The molecule has 1 saturated heterocycles. The molecule has 1 aromatic rings. The van der Waals surface area contributed by atoms with Crippen LogP contribution in [0.2, 0.25) is 0 Å². The van der Waals surface area contributed by atoms with E-state index in [0.717, 1.165) is 12.0 Å². The highest BCUT2D eigenvalue weighted by atomic mass is 32.2. The third-order valence-corrected chi connectivity index (χ3v) is 4.70. The first-order valence-electron chi connectivity index (χ1n) is 7.05. The minimum Gasteiger partial charge on any atom is -0.550 e. The van der Waals surface area contributed by atoms with E-state index in [-0.39, 0.29) is 12.3 Å². The third kappa shape index (κ3) is 4.18. The number of aliphatic carboxylic acids is 1. The molecular formula is C16H16NO3S2-. The van der Waals surface area contributed by atoms with Crippen molar-refractivity contribution < 1.29 is 14.7 Å². The highest BCUT2D eigenvalue weighted by Crippen LogP contribution is 2.32. The average molecular weight is 334 g/mol. The molecule has 0 N–H and O–H groups in total. The molecule has 0 saturated carbocycles. The zero-order valence-electron chi connectivity index (χ0n) is 12.2. The summed E-state index contributed by atoms with van der Waals surface area (Å²) in [5, 5.41) is 10.4. The molecule has 1 fully saturated rings. The van der Waals surface area contributed by atoms with E-state index < -0.39 is 5.97 Å². The number of carboxylic acids is 1. The Hall–Kier alpha value is -1.66. The van der Waals surface area contributed by atoms with Crippen molar-refractivity contribution in [3.8, 4) is 0 Å². The normalized spacial score (nSPS) is 16.6. The predicted molar refractivity (Wildman–Crippen MR) is 89.9 cm³/mol. The van der Waals surface area contributed by atoms with E-state index in [1.54, 1.807) is 0 Å². The first kappa shape index (κ1) is 16.7. The van der Waals surface area contributed by atoms with E-state index >= 15 is 0 Å². The molecule has 2 rings (SSSR count). The number of aryl methyl sites for hydroxylation is 1. The van der Waals surface area contributed by atoms with E-state index in [1.165, 1.54) is 22.2 Å². The van der Waals surface area contributed by atoms with E-state index in [4.69, 9.17) is 12.2 Å². The van der Waals surface area contributed by atoms with Crippen LogP contribution in [0.25, 0.3) is 6.08 Å². The number of benzene rings is 1. The van der Waals surface area contributed by atoms with Crippen molar-refractivity contribution in [2.24, 2.45) is 0 Å². The van der Waals surface area contributed by atoms with Gasteiger partial charge in [-0.2, -0.15) is 0 Å². The first-order chi connectivity index (χ1) is 10.5. The molecule has 0 aromatic heterocycles. The molecular weight excluding hydrogens is 318 g/mol. The van der Waals surface area contributed by atoms with Crippen molar-refractivity contribution in [2.45, 2.75) is 26.2 Å². The third-order valence-electron chi connectivity index (χ3n) is 3.32. The lowest BCUT2D eigenvalue weighted by Gasteiger charge is -2.14. The molecule has 0 unspecified atom stereocenters. The van der Waals surface area contributed by atoms with Gasteiger partial charge in [-0.15, -0.1) is 0 Å². The molecule has 1 amide bonds. The number of nitrogens with zero attached hydrogens (tertiary/aromatic N) is 1. The summed E-state index contributed by atoms with van der Waals surface area (Å²) in [4.78, 5) is 24.8. The summed E-state index contributed by atoms with van der Waals surface area (Å²) in [5.74, 6) is -1.27. The monoisotopic (exact) mass is 334 g/mol. The van der Waals surface area contributed by atoms with Crippen molar-refractivity contribution in [2.75, 3.05) is 6.54 Å². The fraction of sp³-hybridized carbons (Fsp3) is 0.312. The van der Waals surface area contributed by atoms with E-state index in [2.05, 4.69) is 6.92 Å². The summed E-state index contributed by atoms with van der Waals surface area (Å²) in [7, 11) is 0. The SMILES string of the molecule is CCc1ccc(/C=C2\SC(=S)N(CCCC(=O)[O-])C2=O)cc1. The van der Waals surface area contributed by atoms with Gasteiger partial charge in [-0.25, -0.2) is 0 Å². The van der Waals surface area contributed by atoms with Crippen molar-refractivity contribution in [3.63, 3.8) is 0 Å². The topological polar surface area (TPSA) is 60.4 Å². The maximum atomic E-state index is 12.3. The lowest BCUT2D eigenvalue weighted by molar-refractivity contribution is -0.305. The Morgan fingerprint density at radius 3 is 2.64 bits per heavy atom. The molecule has 22 heavy (non-hydrogen) atoms. The molecule has 0 aliphatic carbocycles. The van der Waals surface area contributed by atoms with E-state index in [0.29, 0.717) is 22.2 Å². The van der Waals surface area contributed by atoms with E-state index in [1.807, 2.05) is 30.3 Å². The largest absolute Gasteiger partial charge is 0.550 e. The molecule has 1 heterocycles. The van der Waals surface area contributed by atoms with Crippen LogP contribution < -0.4 is 5.11 Å². The highest BCUT2D eigenvalue weighted by molar-refractivity contribution is 8.26. The van der Waals surface area contributed by atoms with Gasteiger partial charge in [0.25, 0.3) is 5.91 Å². The Bertz CT molecular complexity index is 623. The van der Waals surface area contributed by atoms with Crippen molar-refractivity contribution >= 4 is 46.3 Å². The van der Waals surface area contributed by atoms with Gasteiger partial charge in [-0.3, -0.25) is 9.69 Å². The van der Waals surface area contributed by atoms with Gasteiger partial charge >= 0.3 is 0 Å². The number of carboxylic acid groups (broad SMARTS) is 1. The summed E-state index contributed by atoms with van der Waals surface area (Å²) in [6.45, 7) is 2.40. The number of carbonyl (C=O) groups is 2. The second-order valence-corrected chi connectivity index (χ2v) is 6.58. The molecule has 1 aliphatic rings. The maximum absolute atomic E-state index is 12.3. The summed E-state index contributed by atoms with van der Waals surface area (Å²) < 4.78 is 0.472. The summed E-state index contributed by atoms with van der Waals surface area (Å²) >= 11 is 6.44. The van der Waals surface area contributed by atoms with Crippen LogP contribution in [-0.4, -0.2) is 27.6 Å². The number of hydrogen-bond donors (Lipinski definition) is 0. The van der Waals surface area contributed by atoms with Crippen LogP contribution in [0, 0.1) is 0 Å². The number of thiocarbonyl (C=S) groups is 1. The lowest BCUT2D eigenvalue weighted by atomic mass is 10.1. The average Bonchev–Trinajstić information content (AvgIpc) is 2.75. The Morgan fingerprint density at radius 2 is 2.05 bits per heavy atom. The Morgan fingerprint density at radius 1 is 1.36 bits per heavy atom.